The Hall–Kier alpha value is -1.94. The molecule has 0 fully saturated rings. The summed E-state index contributed by atoms with van der Waals surface area (Å²) in [6.45, 7) is 2.18. The van der Waals surface area contributed by atoms with Gasteiger partial charge in [-0.3, -0.25) is 4.98 Å². The zero-order valence-electron chi connectivity index (χ0n) is 10.8. The number of ether oxygens (including phenoxy) is 1. The van der Waals surface area contributed by atoms with E-state index < -0.39 is 6.04 Å². The summed E-state index contributed by atoms with van der Waals surface area (Å²) >= 11 is 0. The van der Waals surface area contributed by atoms with Gasteiger partial charge in [0.05, 0.1) is 6.61 Å². The van der Waals surface area contributed by atoms with Crippen molar-refractivity contribution < 1.29 is 9.13 Å². The Morgan fingerprint density at radius 1 is 1.26 bits per heavy atom. The molecule has 2 rings (SSSR count). The minimum Gasteiger partial charge on any atom is -0.493 e. The summed E-state index contributed by atoms with van der Waals surface area (Å²) in [6.07, 6.45) is 2.42. The molecule has 0 spiro atoms. The molecule has 0 bridgehead atoms. The van der Waals surface area contributed by atoms with Crippen LogP contribution in [0.1, 0.15) is 24.2 Å². The third-order valence-corrected chi connectivity index (χ3v) is 2.81. The minimum atomic E-state index is -0.397. The highest BCUT2D eigenvalue weighted by Gasteiger charge is 2.13. The standard InChI is InChI=1S/C15H17FN2O/c1-11(17)15-13(16)6-4-7-14(15)19-10-8-12-5-2-3-9-18-12/h2-7,9,11H,8,10,17H2,1H3. The lowest BCUT2D eigenvalue weighted by molar-refractivity contribution is 0.313. The largest absolute Gasteiger partial charge is 0.493 e. The predicted octanol–water partition coefficient (Wildman–Crippen LogP) is 2.86. The minimum absolute atomic E-state index is 0.328. The van der Waals surface area contributed by atoms with E-state index in [1.54, 1.807) is 25.3 Å². The van der Waals surface area contributed by atoms with Gasteiger partial charge < -0.3 is 10.5 Å². The van der Waals surface area contributed by atoms with Gasteiger partial charge >= 0.3 is 0 Å². The van der Waals surface area contributed by atoms with Crippen molar-refractivity contribution in [1.29, 1.82) is 0 Å². The van der Waals surface area contributed by atoms with Crippen molar-refractivity contribution in [2.24, 2.45) is 5.73 Å². The van der Waals surface area contributed by atoms with Crippen LogP contribution < -0.4 is 10.5 Å². The van der Waals surface area contributed by atoms with E-state index in [4.69, 9.17) is 10.5 Å². The fraction of sp³-hybridized carbons (Fsp3) is 0.267. The first kappa shape index (κ1) is 13.5. The summed E-state index contributed by atoms with van der Waals surface area (Å²) in [5.41, 5.74) is 7.13. The van der Waals surface area contributed by atoms with Crippen LogP contribution in [0.2, 0.25) is 0 Å². The number of benzene rings is 1. The van der Waals surface area contributed by atoms with Crippen molar-refractivity contribution in [1.82, 2.24) is 4.98 Å². The van der Waals surface area contributed by atoms with Crippen LogP contribution in [0, 0.1) is 5.82 Å². The number of pyridine rings is 1. The average molecular weight is 260 g/mol. The van der Waals surface area contributed by atoms with E-state index in [9.17, 15) is 4.39 Å². The zero-order chi connectivity index (χ0) is 13.7. The Morgan fingerprint density at radius 2 is 2.11 bits per heavy atom. The van der Waals surface area contributed by atoms with Gasteiger partial charge in [0.15, 0.2) is 0 Å². The molecule has 19 heavy (non-hydrogen) atoms. The Morgan fingerprint density at radius 3 is 2.79 bits per heavy atom. The lowest BCUT2D eigenvalue weighted by Gasteiger charge is -2.14. The molecule has 1 unspecified atom stereocenters. The highest BCUT2D eigenvalue weighted by Crippen LogP contribution is 2.26. The van der Waals surface area contributed by atoms with E-state index >= 15 is 0 Å². The van der Waals surface area contributed by atoms with Gasteiger partial charge in [-0.25, -0.2) is 4.39 Å². The third-order valence-electron chi connectivity index (χ3n) is 2.81. The fourth-order valence-corrected chi connectivity index (χ4v) is 1.90. The zero-order valence-corrected chi connectivity index (χ0v) is 10.8. The number of aromatic nitrogens is 1. The monoisotopic (exact) mass is 260 g/mol. The molecular formula is C15H17FN2O. The molecule has 1 aromatic carbocycles. The SMILES string of the molecule is CC(N)c1c(F)cccc1OCCc1ccccn1. The van der Waals surface area contributed by atoms with Crippen LogP contribution in [0.3, 0.4) is 0 Å². The lowest BCUT2D eigenvalue weighted by Crippen LogP contribution is -2.11. The van der Waals surface area contributed by atoms with Crippen molar-refractivity contribution in [2.45, 2.75) is 19.4 Å². The Bertz CT molecular complexity index is 529. The smallest absolute Gasteiger partial charge is 0.131 e. The van der Waals surface area contributed by atoms with Crippen LogP contribution in [0.4, 0.5) is 4.39 Å². The molecule has 2 aromatic rings. The third kappa shape index (κ3) is 3.51. The topological polar surface area (TPSA) is 48.1 Å². The number of halogens is 1. The second-order valence-corrected chi connectivity index (χ2v) is 4.36. The number of nitrogens with zero attached hydrogens (tertiary/aromatic N) is 1. The van der Waals surface area contributed by atoms with Crippen molar-refractivity contribution in [3.63, 3.8) is 0 Å². The first-order valence-corrected chi connectivity index (χ1v) is 6.25. The summed E-state index contributed by atoms with van der Waals surface area (Å²) in [6, 6.07) is 10.1. The average Bonchev–Trinajstić information content (AvgIpc) is 2.39. The van der Waals surface area contributed by atoms with Crippen LogP contribution in [-0.2, 0) is 6.42 Å². The Balaban J connectivity index is 2.02. The van der Waals surface area contributed by atoms with Gasteiger partial charge in [-0.15, -0.1) is 0 Å². The molecule has 0 saturated carbocycles. The normalized spacial score (nSPS) is 12.2. The number of nitrogens with two attached hydrogens (primary N) is 1. The molecule has 100 valence electrons. The van der Waals surface area contributed by atoms with E-state index in [-0.39, 0.29) is 5.82 Å². The second kappa shape index (κ2) is 6.29. The summed E-state index contributed by atoms with van der Waals surface area (Å²) in [4.78, 5) is 4.21. The van der Waals surface area contributed by atoms with Crippen LogP contribution in [0.25, 0.3) is 0 Å². The molecule has 0 saturated heterocycles. The summed E-state index contributed by atoms with van der Waals surface area (Å²) in [5.74, 6) is 0.177. The van der Waals surface area contributed by atoms with Crippen molar-refractivity contribution in [3.8, 4) is 5.75 Å². The molecule has 2 N–H and O–H groups in total. The maximum atomic E-state index is 13.7. The van der Waals surface area contributed by atoms with E-state index in [1.807, 2.05) is 18.2 Å². The van der Waals surface area contributed by atoms with E-state index in [0.29, 0.717) is 24.3 Å². The Kier molecular flexibility index (Phi) is 4.47. The van der Waals surface area contributed by atoms with Crippen molar-refractivity contribution in [2.75, 3.05) is 6.61 Å². The molecule has 4 heteroatoms. The quantitative estimate of drug-likeness (QED) is 0.899. The molecule has 0 radical (unpaired) electrons. The summed E-state index contributed by atoms with van der Waals surface area (Å²) < 4.78 is 19.3. The number of hydrogen-bond acceptors (Lipinski definition) is 3. The first-order chi connectivity index (χ1) is 9.18. The van der Waals surface area contributed by atoms with Gasteiger partial charge in [0.2, 0.25) is 0 Å². The molecular weight excluding hydrogens is 243 g/mol. The van der Waals surface area contributed by atoms with E-state index in [1.165, 1.54) is 6.07 Å². The fourth-order valence-electron chi connectivity index (χ4n) is 1.90. The maximum absolute atomic E-state index is 13.7. The predicted molar refractivity (Wildman–Crippen MR) is 72.4 cm³/mol. The van der Waals surface area contributed by atoms with Gasteiger partial charge in [0.1, 0.15) is 11.6 Å². The lowest BCUT2D eigenvalue weighted by atomic mass is 10.1. The van der Waals surface area contributed by atoms with Crippen LogP contribution in [0.15, 0.2) is 42.6 Å². The number of rotatable bonds is 5. The molecule has 3 nitrogen and oxygen atoms in total. The highest BCUT2D eigenvalue weighted by atomic mass is 19.1. The summed E-state index contributed by atoms with van der Waals surface area (Å²) in [5, 5.41) is 0. The van der Waals surface area contributed by atoms with Gasteiger partial charge in [0, 0.05) is 29.9 Å². The van der Waals surface area contributed by atoms with Crippen molar-refractivity contribution >= 4 is 0 Å². The molecule has 1 atom stereocenters. The molecule has 0 aliphatic rings. The molecule has 0 amide bonds. The van der Waals surface area contributed by atoms with Gasteiger partial charge in [-0.1, -0.05) is 12.1 Å². The van der Waals surface area contributed by atoms with E-state index in [2.05, 4.69) is 4.98 Å². The molecule has 0 aliphatic heterocycles. The molecule has 0 aliphatic carbocycles. The van der Waals surface area contributed by atoms with Gasteiger partial charge in [-0.05, 0) is 31.2 Å². The molecule has 1 heterocycles. The van der Waals surface area contributed by atoms with Crippen LogP contribution in [-0.4, -0.2) is 11.6 Å². The van der Waals surface area contributed by atoms with Crippen LogP contribution in [0.5, 0.6) is 5.75 Å². The highest BCUT2D eigenvalue weighted by molar-refractivity contribution is 5.36. The van der Waals surface area contributed by atoms with Gasteiger partial charge in [0.25, 0.3) is 0 Å². The summed E-state index contributed by atoms with van der Waals surface area (Å²) in [7, 11) is 0. The molecule has 1 aromatic heterocycles. The second-order valence-electron chi connectivity index (χ2n) is 4.36. The number of hydrogen-bond donors (Lipinski definition) is 1. The van der Waals surface area contributed by atoms with Gasteiger partial charge in [-0.2, -0.15) is 0 Å². The van der Waals surface area contributed by atoms with Crippen molar-refractivity contribution in [3.05, 3.63) is 59.7 Å². The van der Waals surface area contributed by atoms with Crippen LogP contribution >= 0.6 is 0 Å². The maximum Gasteiger partial charge on any atom is 0.131 e. The Labute approximate surface area is 112 Å². The first-order valence-electron chi connectivity index (χ1n) is 6.25. The van der Waals surface area contributed by atoms with E-state index in [0.717, 1.165) is 5.69 Å².